The number of alkyl halides is 1. The summed E-state index contributed by atoms with van der Waals surface area (Å²) in [5, 5.41) is 3.28. The zero-order valence-electron chi connectivity index (χ0n) is 11.4. The van der Waals surface area contributed by atoms with Gasteiger partial charge in [-0.2, -0.15) is 0 Å². The minimum atomic E-state index is 0.593. The van der Waals surface area contributed by atoms with Crippen LogP contribution in [0.15, 0.2) is 60.7 Å². The van der Waals surface area contributed by atoms with E-state index in [4.69, 9.17) is 4.74 Å². The Morgan fingerprint density at radius 3 is 2.43 bits per heavy atom. The quantitative estimate of drug-likeness (QED) is 0.352. The zero-order valence-corrected chi connectivity index (χ0v) is 15.1. The lowest BCUT2D eigenvalue weighted by atomic mass is 10.0. The number of ether oxygens (including phenoxy) is 1. The maximum Gasteiger partial charge on any atom is 0.124 e. The first-order chi connectivity index (χ1) is 10.3. The number of hydrogen-bond acceptors (Lipinski definition) is 1. The molecular weight excluding hydrogens is 439 g/mol. The summed E-state index contributed by atoms with van der Waals surface area (Å²) in [4.78, 5) is 0. The summed E-state index contributed by atoms with van der Waals surface area (Å²) >= 11 is 5.89. The van der Waals surface area contributed by atoms with E-state index >= 15 is 0 Å². The van der Waals surface area contributed by atoms with Crippen molar-refractivity contribution in [3.05, 3.63) is 75.4 Å². The Kier molecular flexibility index (Phi) is 4.80. The molecule has 0 saturated heterocycles. The van der Waals surface area contributed by atoms with Crippen molar-refractivity contribution >= 4 is 49.3 Å². The Morgan fingerprint density at radius 1 is 0.905 bits per heavy atom. The summed E-state index contributed by atoms with van der Waals surface area (Å²) < 4.78 is 7.27. The summed E-state index contributed by atoms with van der Waals surface area (Å²) in [6, 6.07) is 21.0. The van der Waals surface area contributed by atoms with E-state index in [-0.39, 0.29) is 0 Å². The fourth-order valence-electron chi connectivity index (χ4n) is 2.33. The Labute approximate surface area is 146 Å². The number of fused-ring (bicyclic) bond motifs is 1. The SMILES string of the molecule is BrCc1c(OCc2ccc(I)cc2)ccc2ccccc12. The molecular formula is C18H14BrIO. The molecule has 0 radical (unpaired) electrons. The first-order valence-corrected chi connectivity index (χ1v) is 8.92. The molecule has 0 fully saturated rings. The van der Waals surface area contributed by atoms with Crippen LogP contribution in [0.2, 0.25) is 0 Å². The van der Waals surface area contributed by atoms with Crippen molar-refractivity contribution in [2.45, 2.75) is 11.9 Å². The van der Waals surface area contributed by atoms with Crippen molar-refractivity contribution in [2.24, 2.45) is 0 Å². The molecule has 1 nitrogen and oxygen atoms in total. The zero-order chi connectivity index (χ0) is 14.7. The van der Waals surface area contributed by atoms with Gasteiger partial charge in [-0.3, -0.25) is 0 Å². The third kappa shape index (κ3) is 3.40. The lowest BCUT2D eigenvalue weighted by Gasteiger charge is -2.13. The van der Waals surface area contributed by atoms with Crippen molar-refractivity contribution in [1.29, 1.82) is 0 Å². The van der Waals surface area contributed by atoms with Crippen molar-refractivity contribution in [1.82, 2.24) is 0 Å². The highest BCUT2D eigenvalue weighted by Crippen LogP contribution is 2.30. The van der Waals surface area contributed by atoms with Crippen molar-refractivity contribution in [3.8, 4) is 5.75 Å². The summed E-state index contributed by atoms with van der Waals surface area (Å²) in [6.07, 6.45) is 0. The fourth-order valence-corrected chi connectivity index (χ4v) is 3.27. The van der Waals surface area contributed by atoms with Crippen LogP contribution < -0.4 is 4.74 Å². The second-order valence-corrected chi connectivity index (χ2v) is 6.62. The van der Waals surface area contributed by atoms with Gasteiger partial charge in [-0.25, -0.2) is 0 Å². The van der Waals surface area contributed by atoms with Gasteiger partial charge in [-0.05, 0) is 57.1 Å². The smallest absolute Gasteiger partial charge is 0.124 e. The Morgan fingerprint density at radius 2 is 1.67 bits per heavy atom. The molecule has 3 aromatic rings. The van der Waals surface area contributed by atoms with Crippen LogP contribution in [0.4, 0.5) is 0 Å². The van der Waals surface area contributed by atoms with Gasteiger partial charge in [0.2, 0.25) is 0 Å². The maximum absolute atomic E-state index is 6.03. The maximum atomic E-state index is 6.03. The molecule has 106 valence electrons. The molecule has 0 aliphatic rings. The standard InChI is InChI=1S/C18H14BrIO/c19-11-17-16-4-2-1-3-14(16)7-10-18(17)21-12-13-5-8-15(20)9-6-13/h1-10H,11-12H2. The van der Waals surface area contributed by atoms with E-state index in [1.807, 2.05) is 0 Å². The lowest BCUT2D eigenvalue weighted by molar-refractivity contribution is 0.304. The number of rotatable bonds is 4. The molecule has 3 rings (SSSR count). The Balaban J connectivity index is 1.88. The van der Waals surface area contributed by atoms with Crippen LogP contribution in [0.3, 0.4) is 0 Å². The van der Waals surface area contributed by atoms with Gasteiger partial charge in [0.05, 0.1) is 0 Å². The van der Waals surface area contributed by atoms with Crippen LogP contribution in [0, 0.1) is 3.57 Å². The van der Waals surface area contributed by atoms with Crippen LogP contribution in [0.1, 0.15) is 11.1 Å². The van der Waals surface area contributed by atoms with E-state index in [2.05, 4.69) is 99.2 Å². The summed E-state index contributed by atoms with van der Waals surface area (Å²) in [7, 11) is 0. The summed E-state index contributed by atoms with van der Waals surface area (Å²) in [5.74, 6) is 0.948. The summed E-state index contributed by atoms with van der Waals surface area (Å²) in [6.45, 7) is 0.593. The molecule has 0 aliphatic heterocycles. The monoisotopic (exact) mass is 452 g/mol. The molecule has 0 aromatic heterocycles. The number of halogens is 2. The van der Waals surface area contributed by atoms with E-state index in [0.717, 1.165) is 11.1 Å². The third-order valence-electron chi connectivity index (χ3n) is 3.44. The first-order valence-electron chi connectivity index (χ1n) is 6.72. The third-order valence-corrected chi connectivity index (χ3v) is 4.72. The second kappa shape index (κ2) is 6.79. The van der Waals surface area contributed by atoms with Crippen molar-refractivity contribution in [2.75, 3.05) is 0 Å². The number of hydrogen-bond donors (Lipinski definition) is 0. The number of benzene rings is 3. The van der Waals surface area contributed by atoms with Gasteiger partial charge in [-0.15, -0.1) is 0 Å². The minimum Gasteiger partial charge on any atom is -0.489 e. The molecule has 0 heterocycles. The normalized spacial score (nSPS) is 10.8. The van der Waals surface area contributed by atoms with Crippen LogP contribution >= 0.6 is 38.5 Å². The second-order valence-electron chi connectivity index (χ2n) is 4.81. The predicted molar refractivity (Wildman–Crippen MR) is 100 cm³/mol. The molecule has 0 saturated carbocycles. The van der Waals surface area contributed by atoms with Gasteiger partial charge in [0.25, 0.3) is 0 Å². The van der Waals surface area contributed by atoms with Crippen LogP contribution in [-0.4, -0.2) is 0 Å². The van der Waals surface area contributed by atoms with Gasteiger partial charge in [0.15, 0.2) is 0 Å². The van der Waals surface area contributed by atoms with E-state index in [1.54, 1.807) is 0 Å². The average molecular weight is 453 g/mol. The average Bonchev–Trinajstić information content (AvgIpc) is 2.53. The fraction of sp³-hybridized carbons (Fsp3) is 0.111. The van der Waals surface area contributed by atoms with Gasteiger partial charge >= 0.3 is 0 Å². The van der Waals surface area contributed by atoms with Gasteiger partial charge < -0.3 is 4.74 Å². The van der Waals surface area contributed by atoms with E-state index in [0.29, 0.717) is 6.61 Å². The highest BCUT2D eigenvalue weighted by Gasteiger charge is 2.07. The van der Waals surface area contributed by atoms with Gasteiger partial charge in [0, 0.05) is 14.5 Å². The van der Waals surface area contributed by atoms with Crippen LogP contribution in [0.5, 0.6) is 5.75 Å². The highest BCUT2D eigenvalue weighted by atomic mass is 127. The summed E-state index contributed by atoms with van der Waals surface area (Å²) in [5.41, 5.74) is 2.39. The van der Waals surface area contributed by atoms with Crippen LogP contribution in [0.25, 0.3) is 10.8 Å². The van der Waals surface area contributed by atoms with E-state index in [9.17, 15) is 0 Å². The van der Waals surface area contributed by atoms with Gasteiger partial charge in [0.1, 0.15) is 12.4 Å². The lowest BCUT2D eigenvalue weighted by Crippen LogP contribution is -1.98. The Hall–Kier alpha value is -1.07. The molecule has 0 atom stereocenters. The first kappa shape index (κ1) is 14.9. The molecule has 3 heteroatoms. The molecule has 0 aliphatic carbocycles. The highest BCUT2D eigenvalue weighted by molar-refractivity contribution is 14.1. The van der Waals surface area contributed by atoms with E-state index in [1.165, 1.54) is 25.5 Å². The van der Waals surface area contributed by atoms with Gasteiger partial charge in [-0.1, -0.05) is 58.4 Å². The molecule has 0 unspecified atom stereocenters. The topological polar surface area (TPSA) is 9.23 Å². The minimum absolute atomic E-state index is 0.593. The molecule has 3 aromatic carbocycles. The molecule has 0 spiro atoms. The Bertz CT molecular complexity index is 753. The molecule has 0 N–H and O–H groups in total. The molecule has 0 amide bonds. The predicted octanol–water partition coefficient (Wildman–Crippen LogP) is 5.92. The van der Waals surface area contributed by atoms with Crippen molar-refractivity contribution < 1.29 is 4.74 Å². The molecule has 21 heavy (non-hydrogen) atoms. The van der Waals surface area contributed by atoms with E-state index < -0.39 is 0 Å². The molecule has 0 bridgehead atoms. The van der Waals surface area contributed by atoms with Crippen LogP contribution in [-0.2, 0) is 11.9 Å². The largest absolute Gasteiger partial charge is 0.489 e. The van der Waals surface area contributed by atoms with Crippen molar-refractivity contribution in [3.63, 3.8) is 0 Å².